The van der Waals surface area contributed by atoms with E-state index in [9.17, 15) is 0 Å². The molecule has 26 heavy (non-hydrogen) atoms. The van der Waals surface area contributed by atoms with Gasteiger partial charge in [0, 0.05) is 0 Å². The summed E-state index contributed by atoms with van der Waals surface area (Å²) in [5.74, 6) is 3.92. The second-order valence-corrected chi connectivity index (χ2v) is 10.2. The van der Waals surface area contributed by atoms with Crippen LogP contribution in [0.15, 0.2) is 61.2 Å². The van der Waals surface area contributed by atoms with Gasteiger partial charge in [-0.15, -0.1) is 0 Å². The first-order chi connectivity index (χ1) is 12.7. The Bertz CT molecular complexity index is 1040. The van der Waals surface area contributed by atoms with Crippen LogP contribution in [0.2, 0.25) is 0 Å². The predicted molar refractivity (Wildman–Crippen MR) is 102 cm³/mol. The minimum atomic E-state index is -1.07. The summed E-state index contributed by atoms with van der Waals surface area (Å²) in [6, 6.07) is 12.5. The summed E-state index contributed by atoms with van der Waals surface area (Å²) in [5.41, 5.74) is 2.36. The summed E-state index contributed by atoms with van der Waals surface area (Å²) in [4.78, 5) is 9.11. The van der Waals surface area contributed by atoms with Gasteiger partial charge in [-0.2, -0.15) is 0 Å². The average molecular weight is 537 g/mol. The normalized spacial score (nSPS) is 12.4. The molecule has 1 aliphatic heterocycles. The molecule has 5 nitrogen and oxygen atoms in total. The molecule has 5 rings (SSSR count). The number of aromatic nitrogens is 4. The van der Waals surface area contributed by atoms with Crippen molar-refractivity contribution in [1.82, 2.24) is 19.1 Å². The first-order valence-electron chi connectivity index (χ1n) is 8.29. The predicted octanol–water partition coefficient (Wildman–Crippen LogP) is 2.25. The molecule has 0 N–H and O–H groups in total. The molecule has 0 aliphatic carbocycles. The molecule has 0 saturated carbocycles. The Hall–Kier alpha value is -2.44. The summed E-state index contributed by atoms with van der Waals surface area (Å²) in [7, 11) is 4.06. The Morgan fingerprint density at radius 1 is 0.769 bits per heavy atom. The van der Waals surface area contributed by atoms with Crippen LogP contribution in [0.3, 0.4) is 0 Å². The summed E-state index contributed by atoms with van der Waals surface area (Å²) >= 11 is -1.07. The molecular formula is C20H16N4OPo. The number of benzene rings is 2. The van der Waals surface area contributed by atoms with Crippen molar-refractivity contribution in [3.05, 3.63) is 61.2 Å². The van der Waals surface area contributed by atoms with Crippen LogP contribution >= 0.6 is 0 Å². The van der Waals surface area contributed by atoms with Gasteiger partial charge in [-0.3, -0.25) is 0 Å². The third-order valence-corrected chi connectivity index (χ3v) is 9.37. The van der Waals surface area contributed by atoms with Gasteiger partial charge in [-0.1, -0.05) is 0 Å². The standard InChI is InChI=1S/C20H16N4O.Po/c1-23-11-9-21-19(23)15-5-3-7-17(13-15)25-18-8-4-6-16(14-18)20-22-10-12-24(20)2;/h3-12H,1-2H3;. The van der Waals surface area contributed by atoms with E-state index in [2.05, 4.69) is 55.5 Å². The van der Waals surface area contributed by atoms with Crippen molar-refractivity contribution in [3.8, 4) is 34.3 Å². The van der Waals surface area contributed by atoms with Crippen molar-refractivity contribution < 1.29 is 4.74 Å². The fraction of sp³-hybridized carbons (Fsp3) is 0.100. The van der Waals surface area contributed by atoms with Gasteiger partial charge in [0.2, 0.25) is 0 Å². The fourth-order valence-electron chi connectivity index (χ4n) is 3.23. The number of rotatable bonds is 2. The molecule has 2 aromatic carbocycles. The first-order valence-corrected chi connectivity index (χ1v) is 11.5. The van der Waals surface area contributed by atoms with E-state index in [1.807, 2.05) is 38.9 Å². The number of hydrogen-bond donors (Lipinski definition) is 0. The van der Waals surface area contributed by atoms with E-state index in [0.717, 1.165) is 23.1 Å². The van der Waals surface area contributed by atoms with Gasteiger partial charge in [-0.25, -0.2) is 0 Å². The molecule has 0 amide bonds. The molecule has 128 valence electrons. The topological polar surface area (TPSA) is 44.9 Å². The van der Waals surface area contributed by atoms with Crippen molar-refractivity contribution in [1.29, 1.82) is 0 Å². The van der Waals surface area contributed by atoms with E-state index in [1.165, 1.54) is 17.6 Å². The molecule has 1 aliphatic rings. The average Bonchev–Trinajstić information content (AvgIpc) is 3.27. The Balaban J connectivity index is 1.69. The molecule has 0 spiro atoms. The number of fused-ring (bicyclic) bond motifs is 2. The Morgan fingerprint density at radius 3 is 1.69 bits per heavy atom. The zero-order valence-corrected chi connectivity index (χ0v) is 17.6. The Kier molecular flexibility index (Phi) is 3.68. The summed E-state index contributed by atoms with van der Waals surface area (Å²) in [6.45, 7) is 0. The molecule has 0 radical (unpaired) electrons. The van der Waals surface area contributed by atoms with Crippen LogP contribution in [0, 0.1) is 0 Å². The van der Waals surface area contributed by atoms with Crippen LogP contribution in [0.25, 0.3) is 22.8 Å². The number of hydrogen-bond acceptors (Lipinski definition) is 3. The SMILES string of the molecule is Cn1ccnc1-c1cccc2[c]1[Po][c]1c(cccc1-c1nccn1C)O2. The third kappa shape index (κ3) is 2.40. The second kappa shape index (κ2) is 6.07. The van der Waals surface area contributed by atoms with Gasteiger partial charge in [0.15, 0.2) is 0 Å². The molecule has 0 atom stereocenters. The van der Waals surface area contributed by atoms with Gasteiger partial charge in [0.1, 0.15) is 0 Å². The molecule has 2 aromatic heterocycles. The number of aryl methyl sites for hydroxylation is 2. The van der Waals surface area contributed by atoms with Crippen molar-refractivity contribution in [2.45, 2.75) is 0 Å². The number of nitrogens with zero attached hydrogens (tertiary/aromatic N) is 4. The molecule has 6 heteroatoms. The molecule has 0 unspecified atom stereocenters. The van der Waals surface area contributed by atoms with Crippen molar-refractivity contribution >= 4 is 30.0 Å². The van der Waals surface area contributed by atoms with Crippen LogP contribution in [-0.4, -0.2) is 42.7 Å². The maximum atomic E-state index is 6.30. The van der Waals surface area contributed by atoms with Gasteiger partial charge in [0.05, 0.1) is 0 Å². The summed E-state index contributed by atoms with van der Waals surface area (Å²) in [6.07, 6.45) is 7.65. The van der Waals surface area contributed by atoms with E-state index in [0.29, 0.717) is 0 Å². The van der Waals surface area contributed by atoms with Crippen LogP contribution in [0.1, 0.15) is 0 Å². The van der Waals surface area contributed by atoms with Crippen LogP contribution in [0.5, 0.6) is 11.5 Å². The van der Waals surface area contributed by atoms with Crippen LogP contribution < -0.4 is 11.2 Å². The van der Waals surface area contributed by atoms with Crippen molar-refractivity contribution in [3.63, 3.8) is 0 Å². The minimum absolute atomic E-state index is 0.972. The zero-order valence-electron chi connectivity index (χ0n) is 14.4. The van der Waals surface area contributed by atoms with Crippen molar-refractivity contribution in [2.24, 2.45) is 14.1 Å². The molecule has 3 heterocycles. The van der Waals surface area contributed by atoms with Crippen LogP contribution in [0.4, 0.5) is 0 Å². The van der Waals surface area contributed by atoms with Crippen LogP contribution in [-0.2, 0) is 14.1 Å². The van der Waals surface area contributed by atoms with Gasteiger partial charge < -0.3 is 0 Å². The quantitative estimate of drug-likeness (QED) is 0.347. The summed E-state index contributed by atoms with van der Waals surface area (Å²) < 4.78 is 13.1. The number of ether oxygens (including phenoxy) is 1. The van der Waals surface area contributed by atoms with Gasteiger partial charge in [-0.05, 0) is 0 Å². The van der Waals surface area contributed by atoms with Gasteiger partial charge >= 0.3 is 163 Å². The summed E-state index contributed by atoms with van der Waals surface area (Å²) in [5, 5.41) is 0. The van der Waals surface area contributed by atoms with E-state index in [1.54, 1.807) is 0 Å². The molecule has 0 saturated heterocycles. The van der Waals surface area contributed by atoms with Crippen molar-refractivity contribution in [2.75, 3.05) is 0 Å². The number of imidazole rings is 2. The second-order valence-electron chi connectivity index (χ2n) is 6.19. The first kappa shape index (κ1) is 15.8. The third-order valence-electron chi connectivity index (χ3n) is 4.51. The maximum absolute atomic E-state index is 6.30. The zero-order chi connectivity index (χ0) is 17.7. The Labute approximate surface area is 163 Å². The van der Waals surface area contributed by atoms with E-state index < -0.39 is 23.6 Å². The molecule has 0 bridgehead atoms. The fourth-order valence-corrected chi connectivity index (χ4v) is 7.75. The molecule has 4 aromatic rings. The molecular weight excluding hydrogens is 521 g/mol. The van der Waals surface area contributed by atoms with E-state index in [4.69, 9.17) is 4.74 Å². The Morgan fingerprint density at radius 2 is 1.27 bits per heavy atom. The van der Waals surface area contributed by atoms with E-state index in [-0.39, 0.29) is 0 Å². The van der Waals surface area contributed by atoms with E-state index >= 15 is 0 Å². The van der Waals surface area contributed by atoms with Gasteiger partial charge in [0.25, 0.3) is 0 Å². The monoisotopic (exact) mass is 537 g/mol. The molecule has 0 fully saturated rings.